The molecule has 4 N–H and O–H groups in total. The predicted octanol–water partition coefficient (Wildman–Crippen LogP) is 0.0946. The van der Waals surface area contributed by atoms with E-state index in [0.29, 0.717) is 5.69 Å². The van der Waals surface area contributed by atoms with Crippen LogP contribution < -0.4 is 16.4 Å². The highest BCUT2D eigenvalue weighted by molar-refractivity contribution is 5.95. The molecule has 1 aromatic rings. The van der Waals surface area contributed by atoms with Crippen molar-refractivity contribution >= 4 is 11.9 Å². The van der Waals surface area contributed by atoms with E-state index in [9.17, 15) is 9.59 Å². The third-order valence-corrected chi connectivity index (χ3v) is 2.75. The normalized spacial score (nSPS) is 13.7. The van der Waals surface area contributed by atoms with Crippen molar-refractivity contribution < 1.29 is 9.59 Å². The molecule has 8 nitrogen and oxygen atoms in total. The smallest absolute Gasteiger partial charge is 0.321 e. The number of nitrogens with two attached hydrogens (primary N) is 1. The average molecular weight is 268 g/mol. The van der Waals surface area contributed by atoms with E-state index < -0.39 is 18.0 Å². The zero-order chi connectivity index (χ0) is 14.4. The summed E-state index contributed by atoms with van der Waals surface area (Å²) in [6.07, 6.45) is 3.38. The van der Waals surface area contributed by atoms with E-state index in [-0.39, 0.29) is 6.04 Å². The number of hydrogen-bond donors (Lipinski definition) is 3. The Morgan fingerprint density at radius 1 is 1.53 bits per heavy atom. The van der Waals surface area contributed by atoms with E-state index in [0.717, 1.165) is 12.8 Å². The van der Waals surface area contributed by atoms with Crippen LogP contribution in [0.4, 0.5) is 4.79 Å². The van der Waals surface area contributed by atoms with Gasteiger partial charge in [-0.1, -0.05) is 18.6 Å². The van der Waals surface area contributed by atoms with E-state index in [4.69, 9.17) is 5.73 Å². The number of rotatable bonds is 5. The molecule has 2 unspecified atom stereocenters. The molecule has 0 aliphatic rings. The monoisotopic (exact) mass is 268 g/mol. The van der Waals surface area contributed by atoms with Gasteiger partial charge in [0.25, 0.3) is 5.91 Å². The second kappa shape index (κ2) is 6.83. The minimum atomic E-state index is -0.632. The Labute approximate surface area is 111 Å². The summed E-state index contributed by atoms with van der Waals surface area (Å²) in [7, 11) is 1.44. The molecule has 1 rings (SSSR count). The molecule has 2 atom stereocenters. The molecule has 0 saturated carbocycles. The van der Waals surface area contributed by atoms with Gasteiger partial charge in [0.2, 0.25) is 0 Å². The van der Waals surface area contributed by atoms with Crippen molar-refractivity contribution in [2.45, 2.75) is 38.8 Å². The highest BCUT2D eigenvalue weighted by Crippen LogP contribution is 2.14. The lowest BCUT2D eigenvalue weighted by Crippen LogP contribution is -2.41. The molecule has 1 heterocycles. The molecule has 8 heteroatoms. The van der Waals surface area contributed by atoms with Crippen LogP contribution in [0, 0.1) is 0 Å². The van der Waals surface area contributed by atoms with Crippen molar-refractivity contribution in [3.63, 3.8) is 0 Å². The van der Waals surface area contributed by atoms with E-state index in [1.807, 2.05) is 6.92 Å². The Morgan fingerprint density at radius 3 is 2.79 bits per heavy atom. The summed E-state index contributed by atoms with van der Waals surface area (Å²) < 4.78 is 1.39. The van der Waals surface area contributed by atoms with Crippen molar-refractivity contribution in [2.24, 2.45) is 5.73 Å². The first-order chi connectivity index (χ1) is 8.99. The second-order valence-corrected chi connectivity index (χ2v) is 4.26. The van der Waals surface area contributed by atoms with Crippen molar-refractivity contribution in [3.8, 4) is 0 Å². The molecule has 0 aliphatic carbocycles. The zero-order valence-electron chi connectivity index (χ0n) is 11.4. The summed E-state index contributed by atoms with van der Waals surface area (Å²) in [5.41, 5.74) is 6.56. The van der Waals surface area contributed by atoms with Gasteiger partial charge in [-0.3, -0.25) is 10.1 Å². The molecule has 0 bridgehead atoms. The van der Waals surface area contributed by atoms with Crippen LogP contribution in [0.5, 0.6) is 0 Å². The maximum atomic E-state index is 11.7. The summed E-state index contributed by atoms with van der Waals surface area (Å²) in [4.78, 5) is 22.8. The number of carbonyl (C=O) groups excluding carboxylic acids is 2. The molecule has 0 spiro atoms. The number of aromatic nitrogens is 3. The molecule has 3 amide bonds. The van der Waals surface area contributed by atoms with Gasteiger partial charge >= 0.3 is 6.03 Å². The SMILES string of the molecule is CCCC(N)c1cn(C(C)C(=O)NC(=O)NC)nn1. The minimum Gasteiger partial charge on any atom is -0.341 e. The van der Waals surface area contributed by atoms with E-state index in [2.05, 4.69) is 20.9 Å². The van der Waals surface area contributed by atoms with Crippen LogP contribution in [0.2, 0.25) is 0 Å². The van der Waals surface area contributed by atoms with E-state index in [1.54, 1.807) is 13.1 Å². The molecular formula is C11H20N6O2. The molecule has 0 aliphatic heterocycles. The van der Waals surface area contributed by atoms with Crippen LogP contribution in [-0.2, 0) is 4.79 Å². The van der Waals surface area contributed by atoms with Crippen molar-refractivity contribution in [1.82, 2.24) is 25.6 Å². The van der Waals surface area contributed by atoms with Gasteiger partial charge in [0.15, 0.2) is 0 Å². The number of amides is 3. The first-order valence-corrected chi connectivity index (χ1v) is 6.19. The van der Waals surface area contributed by atoms with Crippen LogP contribution in [0.25, 0.3) is 0 Å². The van der Waals surface area contributed by atoms with Gasteiger partial charge in [0.1, 0.15) is 6.04 Å². The quantitative estimate of drug-likeness (QED) is 0.700. The summed E-state index contributed by atoms with van der Waals surface area (Å²) in [5.74, 6) is -0.458. The minimum absolute atomic E-state index is 0.187. The fraction of sp³-hybridized carbons (Fsp3) is 0.636. The number of nitrogens with zero attached hydrogens (tertiary/aromatic N) is 3. The standard InChI is InChI=1S/C11H20N6O2/c1-4-5-8(12)9-6-17(16-15-9)7(2)10(18)14-11(19)13-3/h6-8H,4-5,12H2,1-3H3,(H2,13,14,18,19). The molecule has 19 heavy (non-hydrogen) atoms. The van der Waals surface area contributed by atoms with Gasteiger partial charge in [-0.25, -0.2) is 9.48 Å². The van der Waals surface area contributed by atoms with Gasteiger partial charge < -0.3 is 11.1 Å². The topological polar surface area (TPSA) is 115 Å². The first-order valence-electron chi connectivity index (χ1n) is 6.19. The number of carbonyl (C=O) groups is 2. The van der Waals surface area contributed by atoms with E-state index >= 15 is 0 Å². The van der Waals surface area contributed by atoms with Gasteiger partial charge in [0.05, 0.1) is 17.9 Å². The fourth-order valence-corrected chi connectivity index (χ4v) is 1.51. The van der Waals surface area contributed by atoms with Gasteiger partial charge in [-0.05, 0) is 13.3 Å². The second-order valence-electron chi connectivity index (χ2n) is 4.26. The van der Waals surface area contributed by atoms with E-state index in [1.165, 1.54) is 11.7 Å². The molecule has 0 fully saturated rings. The predicted molar refractivity (Wildman–Crippen MR) is 69.2 cm³/mol. The average Bonchev–Trinajstić information content (AvgIpc) is 2.87. The van der Waals surface area contributed by atoms with Crippen molar-refractivity contribution in [1.29, 1.82) is 0 Å². The lowest BCUT2D eigenvalue weighted by atomic mass is 10.1. The number of urea groups is 1. The highest BCUT2D eigenvalue weighted by Gasteiger charge is 2.19. The van der Waals surface area contributed by atoms with Gasteiger partial charge in [-0.2, -0.15) is 0 Å². The molecule has 1 aromatic heterocycles. The Kier molecular flexibility index (Phi) is 5.43. The lowest BCUT2D eigenvalue weighted by Gasteiger charge is -2.10. The summed E-state index contributed by atoms with van der Waals surface area (Å²) in [6, 6.07) is -1.37. The number of imide groups is 1. The Morgan fingerprint density at radius 2 is 2.21 bits per heavy atom. The van der Waals surface area contributed by atoms with Crippen LogP contribution in [-0.4, -0.2) is 34.0 Å². The lowest BCUT2D eigenvalue weighted by molar-refractivity contribution is -0.123. The van der Waals surface area contributed by atoms with Crippen LogP contribution >= 0.6 is 0 Å². The third kappa shape index (κ3) is 4.02. The van der Waals surface area contributed by atoms with Crippen molar-refractivity contribution in [3.05, 3.63) is 11.9 Å². The zero-order valence-corrected chi connectivity index (χ0v) is 11.4. The third-order valence-electron chi connectivity index (χ3n) is 2.75. The Bertz CT molecular complexity index is 444. The van der Waals surface area contributed by atoms with Gasteiger partial charge in [0, 0.05) is 7.05 Å². The van der Waals surface area contributed by atoms with Crippen LogP contribution in [0.3, 0.4) is 0 Å². The maximum Gasteiger partial charge on any atom is 0.321 e. The Hall–Kier alpha value is -1.96. The molecular weight excluding hydrogens is 248 g/mol. The number of hydrogen-bond acceptors (Lipinski definition) is 5. The summed E-state index contributed by atoms with van der Waals surface area (Å²) >= 11 is 0. The molecule has 0 radical (unpaired) electrons. The summed E-state index contributed by atoms with van der Waals surface area (Å²) in [6.45, 7) is 3.66. The fourth-order valence-electron chi connectivity index (χ4n) is 1.51. The maximum absolute atomic E-state index is 11.7. The largest absolute Gasteiger partial charge is 0.341 e. The summed E-state index contributed by atoms with van der Waals surface area (Å²) in [5, 5.41) is 12.3. The van der Waals surface area contributed by atoms with Crippen molar-refractivity contribution in [2.75, 3.05) is 7.05 Å². The van der Waals surface area contributed by atoms with Crippen LogP contribution in [0.1, 0.15) is 44.5 Å². The van der Waals surface area contributed by atoms with Gasteiger partial charge in [-0.15, -0.1) is 5.10 Å². The Balaban J connectivity index is 2.70. The first kappa shape index (κ1) is 15.1. The highest BCUT2D eigenvalue weighted by atomic mass is 16.2. The van der Waals surface area contributed by atoms with Crippen LogP contribution in [0.15, 0.2) is 6.20 Å². The molecule has 0 saturated heterocycles. The molecule has 0 aromatic carbocycles. The molecule has 106 valence electrons. The number of nitrogens with one attached hydrogen (secondary N) is 2.